The Morgan fingerprint density at radius 3 is 2.11 bits per heavy atom. The van der Waals surface area contributed by atoms with Crippen molar-refractivity contribution in [1.29, 1.82) is 0 Å². The number of aliphatic hydroxyl groups excluding tert-OH is 1. The minimum atomic E-state index is -0.837. The number of rotatable bonds is 6. The maximum absolute atomic E-state index is 13.1. The van der Waals surface area contributed by atoms with Crippen molar-refractivity contribution in [2.45, 2.75) is 59.0 Å². The van der Waals surface area contributed by atoms with E-state index in [9.17, 15) is 9.90 Å². The van der Waals surface area contributed by atoms with E-state index < -0.39 is 12.1 Å². The van der Waals surface area contributed by atoms with Crippen molar-refractivity contribution >= 4 is 5.91 Å². The Balaban J connectivity index is 1.77. The van der Waals surface area contributed by atoms with Crippen molar-refractivity contribution in [3.05, 3.63) is 77.7 Å². The first-order chi connectivity index (χ1) is 13.3. The molecule has 0 saturated carbocycles. The molecule has 3 atom stereocenters. The van der Waals surface area contributed by atoms with E-state index in [2.05, 4.69) is 38.2 Å². The van der Waals surface area contributed by atoms with Crippen LogP contribution in [0.1, 0.15) is 38.8 Å². The van der Waals surface area contributed by atoms with Crippen LogP contribution in [-0.4, -0.2) is 34.2 Å². The van der Waals surface area contributed by atoms with Crippen molar-refractivity contribution in [3.63, 3.8) is 0 Å². The van der Waals surface area contributed by atoms with Crippen LogP contribution in [0.25, 0.3) is 0 Å². The Labute approximate surface area is 168 Å². The number of hydrogen-bond acceptors (Lipinski definition) is 3. The first-order valence-corrected chi connectivity index (χ1v) is 9.96. The Bertz CT molecular complexity index is 770. The van der Waals surface area contributed by atoms with E-state index in [1.54, 1.807) is 0 Å². The van der Waals surface area contributed by atoms with Gasteiger partial charge in [0.2, 0.25) is 5.91 Å². The third-order valence-electron chi connectivity index (χ3n) is 5.51. The predicted molar refractivity (Wildman–Crippen MR) is 112 cm³/mol. The van der Waals surface area contributed by atoms with Crippen molar-refractivity contribution in [1.82, 2.24) is 10.2 Å². The molecular formula is C24H31N2O2. The zero-order valence-corrected chi connectivity index (χ0v) is 17.2. The van der Waals surface area contributed by atoms with Gasteiger partial charge in [-0.2, -0.15) is 0 Å². The molecule has 0 aliphatic carbocycles. The van der Waals surface area contributed by atoms with Crippen molar-refractivity contribution in [2.24, 2.45) is 5.41 Å². The molecular weight excluding hydrogens is 348 g/mol. The molecule has 2 N–H and O–H groups in total. The zero-order chi connectivity index (χ0) is 20.3. The molecule has 28 heavy (non-hydrogen) atoms. The van der Waals surface area contributed by atoms with Gasteiger partial charge in [-0.3, -0.25) is 10.1 Å². The lowest BCUT2D eigenvalue weighted by Gasteiger charge is -2.36. The van der Waals surface area contributed by atoms with Gasteiger partial charge in [0.15, 0.2) is 0 Å². The van der Waals surface area contributed by atoms with Crippen LogP contribution < -0.4 is 5.32 Å². The lowest BCUT2D eigenvalue weighted by Crippen LogP contribution is -2.48. The van der Waals surface area contributed by atoms with Crippen LogP contribution in [0, 0.1) is 11.3 Å². The summed E-state index contributed by atoms with van der Waals surface area (Å²) in [7, 11) is 0. The number of hydrogen-bond donors (Lipinski definition) is 2. The molecule has 149 valence electrons. The molecule has 1 saturated heterocycles. The molecule has 4 heteroatoms. The maximum atomic E-state index is 13.1. The number of aliphatic hydroxyl groups is 1. The standard InChI is InChI=1S/C24H31N2O2/c1-17-25-21(23(28)26(17)16-19-13-9-6-10-14-19)22(27)20(24(2,3)4)15-18-11-7-5-8-12-18/h5-14,17,21-22,25,27H,15-16H2,1-4H3/t17?,21-,22+/m0/s1. The molecule has 2 aromatic rings. The SMILES string of the molecule is CC1N[C@@H]([C@H](O)[C](Cc2ccccc2)C(C)(C)C)C(=O)N1Cc1ccccc1. The lowest BCUT2D eigenvalue weighted by atomic mass is 9.72. The molecule has 1 amide bonds. The van der Waals surface area contributed by atoms with E-state index in [1.807, 2.05) is 60.4 Å². The number of benzene rings is 2. The Hall–Kier alpha value is -2.17. The molecule has 3 rings (SSSR count). The van der Waals surface area contributed by atoms with Gasteiger partial charge in [0.05, 0.1) is 12.3 Å². The fourth-order valence-electron chi connectivity index (χ4n) is 3.84. The van der Waals surface area contributed by atoms with Gasteiger partial charge in [0.25, 0.3) is 0 Å². The Morgan fingerprint density at radius 1 is 1.04 bits per heavy atom. The fraction of sp³-hybridized carbons (Fsp3) is 0.417. The topological polar surface area (TPSA) is 52.6 Å². The first-order valence-electron chi connectivity index (χ1n) is 9.96. The largest absolute Gasteiger partial charge is 0.390 e. The van der Waals surface area contributed by atoms with E-state index in [0.29, 0.717) is 13.0 Å². The highest BCUT2D eigenvalue weighted by Crippen LogP contribution is 2.36. The average Bonchev–Trinajstić information content (AvgIpc) is 2.95. The van der Waals surface area contributed by atoms with Crippen LogP contribution in [0.3, 0.4) is 0 Å². The van der Waals surface area contributed by atoms with Gasteiger partial charge in [-0.15, -0.1) is 0 Å². The molecule has 0 aromatic heterocycles. The normalized spacial score (nSPS) is 21.4. The monoisotopic (exact) mass is 379 g/mol. The van der Waals surface area contributed by atoms with E-state index in [4.69, 9.17) is 0 Å². The van der Waals surface area contributed by atoms with E-state index in [1.165, 1.54) is 0 Å². The van der Waals surface area contributed by atoms with Crippen LogP contribution in [0.2, 0.25) is 0 Å². The summed E-state index contributed by atoms with van der Waals surface area (Å²) in [5.74, 6) is 0.928. The molecule has 1 heterocycles. The van der Waals surface area contributed by atoms with Gasteiger partial charge >= 0.3 is 0 Å². The summed E-state index contributed by atoms with van der Waals surface area (Å²) in [5, 5.41) is 14.5. The van der Waals surface area contributed by atoms with Gasteiger partial charge in [0.1, 0.15) is 6.04 Å². The van der Waals surface area contributed by atoms with Gasteiger partial charge in [-0.1, -0.05) is 81.4 Å². The van der Waals surface area contributed by atoms with E-state index in [0.717, 1.165) is 17.0 Å². The molecule has 1 radical (unpaired) electrons. The van der Waals surface area contributed by atoms with Gasteiger partial charge < -0.3 is 10.0 Å². The summed E-state index contributed by atoms with van der Waals surface area (Å²) in [6, 6.07) is 19.5. The van der Waals surface area contributed by atoms with Crippen LogP contribution >= 0.6 is 0 Å². The predicted octanol–water partition coefficient (Wildman–Crippen LogP) is 3.56. The molecule has 1 unspecified atom stereocenters. The Kier molecular flexibility index (Phi) is 6.21. The fourth-order valence-corrected chi connectivity index (χ4v) is 3.84. The maximum Gasteiger partial charge on any atom is 0.244 e. The number of nitrogens with zero attached hydrogens (tertiary/aromatic N) is 1. The third kappa shape index (κ3) is 4.62. The molecule has 0 spiro atoms. The van der Waals surface area contributed by atoms with Crippen LogP contribution in [0.4, 0.5) is 0 Å². The van der Waals surface area contributed by atoms with Gasteiger partial charge in [-0.05, 0) is 29.9 Å². The highest BCUT2D eigenvalue weighted by Gasteiger charge is 2.45. The van der Waals surface area contributed by atoms with Crippen LogP contribution in [0.15, 0.2) is 60.7 Å². The summed E-state index contributed by atoms with van der Waals surface area (Å²) in [6.07, 6.45) is -0.300. The summed E-state index contributed by atoms with van der Waals surface area (Å²) >= 11 is 0. The lowest BCUT2D eigenvalue weighted by molar-refractivity contribution is -0.132. The second kappa shape index (κ2) is 8.46. The Morgan fingerprint density at radius 2 is 1.57 bits per heavy atom. The zero-order valence-electron chi connectivity index (χ0n) is 17.2. The van der Waals surface area contributed by atoms with Gasteiger partial charge in [0, 0.05) is 12.5 Å². The molecule has 0 bridgehead atoms. The molecule has 1 aliphatic rings. The van der Waals surface area contributed by atoms with Crippen molar-refractivity contribution < 1.29 is 9.90 Å². The summed E-state index contributed by atoms with van der Waals surface area (Å²) in [4.78, 5) is 14.9. The minimum Gasteiger partial charge on any atom is -0.390 e. The average molecular weight is 380 g/mol. The van der Waals surface area contributed by atoms with Crippen molar-refractivity contribution in [3.8, 4) is 0 Å². The second-order valence-corrected chi connectivity index (χ2v) is 8.65. The van der Waals surface area contributed by atoms with Crippen LogP contribution in [-0.2, 0) is 17.8 Å². The highest BCUT2D eigenvalue weighted by atomic mass is 16.3. The van der Waals surface area contributed by atoms with E-state index in [-0.39, 0.29) is 17.5 Å². The summed E-state index contributed by atoms with van der Waals surface area (Å²) < 4.78 is 0. The first kappa shape index (κ1) is 20.6. The number of carbonyl (C=O) groups is 1. The smallest absolute Gasteiger partial charge is 0.244 e. The van der Waals surface area contributed by atoms with Gasteiger partial charge in [-0.25, -0.2) is 0 Å². The quantitative estimate of drug-likeness (QED) is 0.807. The third-order valence-corrected chi connectivity index (χ3v) is 5.51. The molecule has 2 aromatic carbocycles. The second-order valence-electron chi connectivity index (χ2n) is 8.65. The van der Waals surface area contributed by atoms with Crippen LogP contribution in [0.5, 0.6) is 0 Å². The highest BCUT2D eigenvalue weighted by molar-refractivity contribution is 5.85. The number of nitrogens with one attached hydrogen (secondary N) is 1. The minimum absolute atomic E-state index is 0.0429. The van der Waals surface area contributed by atoms with E-state index >= 15 is 0 Å². The molecule has 4 nitrogen and oxygen atoms in total. The molecule has 1 fully saturated rings. The summed E-state index contributed by atoms with van der Waals surface area (Å²) in [6.45, 7) is 8.80. The number of amides is 1. The number of carbonyl (C=O) groups excluding carboxylic acids is 1. The molecule has 1 aliphatic heterocycles. The van der Waals surface area contributed by atoms with Crippen molar-refractivity contribution in [2.75, 3.05) is 0 Å². The summed E-state index contributed by atoms with van der Waals surface area (Å²) in [5.41, 5.74) is 2.02.